The van der Waals surface area contributed by atoms with Crippen molar-refractivity contribution in [1.29, 1.82) is 0 Å². The van der Waals surface area contributed by atoms with E-state index in [2.05, 4.69) is 78.4 Å². The number of aromatic nitrogens is 3. The standard InChI is InChI=1S/C79H103ClN20O15/c1-45(2)36-59(71(107)95-58(19-12-34-88-79(83)84)77(113)100-35-13-20-64(100)76(112)91-46(3)78(114)115)96-70(106)57(18-8-10-33-87-68(104)54-26-30-66(82)90-43-54)93-69(105)56(17-7-9-32-86-67(103)53-25-29-65(81)89-42-53)94-75(111)63(44-101)99-74(110)62(40-50-14-11-31-85-41-50)98-73(109)61(38-48-22-27-55(80)28-23-48)97-72(108)60(92-47(4)102)39-49-21-24-51-15-5-6-16-52(51)37-49/h5-6,11,14-16,21-31,37,41-43,45-46,56-64,101H,7-10,12-13,17-20,32-36,38-40,44H2,1-4H3,(H2,81,89)(H2,82,90)(H,86,103)(H,87,104)(H,91,112)(H,92,102)(H,93,105)(H,94,111)(H,95,107)(H,96,106)(H,97,108)(H,98,109)(H,99,110)(H,114,115)(H4,83,84,88)/t46-,56-,57-,58-,59-,60-,61-,62-,63-,64+/m0/s1. The summed E-state index contributed by atoms with van der Waals surface area (Å²) in [6.45, 7) is 5.14. The zero-order chi connectivity index (χ0) is 83.7. The average Bonchev–Trinajstić information content (AvgIpc) is 1.75. The second-order valence-corrected chi connectivity index (χ2v) is 28.9. The van der Waals surface area contributed by atoms with E-state index in [0.29, 0.717) is 28.1 Å². The van der Waals surface area contributed by atoms with Crippen molar-refractivity contribution in [1.82, 2.24) is 78.3 Å². The van der Waals surface area contributed by atoms with E-state index in [1.807, 2.05) is 42.5 Å². The van der Waals surface area contributed by atoms with E-state index >= 15 is 9.59 Å². The molecule has 115 heavy (non-hydrogen) atoms. The molecular weight excluding hydrogens is 1500 g/mol. The highest BCUT2D eigenvalue weighted by atomic mass is 35.5. The topological polar surface area (TPSA) is 553 Å². The van der Waals surface area contributed by atoms with E-state index in [-0.39, 0.29) is 144 Å². The molecule has 0 aliphatic carbocycles. The molecule has 3 aromatic carbocycles. The molecule has 21 N–H and O–H groups in total. The van der Waals surface area contributed by atoms with Crippen molar-refractivity contribution < 1.29 is 72.5 Å². The lowest BCUT2D eigenvalue weighted by atomic mass is 9.99. The zero-order valence-electron chi connectivity index (χ0n) is 64.5. The normalized spacial score (nSPS) is 14.7. The van der Waals surface area contributed by atoms with E-state index in [1.54, 1.807) is 50.2 Å². The van der Waals surface area contributed by atoms with Gasteiger partial charge in [-0.1, -0.05) is 86.1 Å². The van der Waals surface area contributed by atoms with Gasteiger partial charge in [0, 0.05) is 82.2 Å². The molecule has 0 unspecified atom stereocenters. The minimum absolute atomic E-state index is 0.0134. The summed E-state index contributed by atoms with van der Waals surface area (Å²) in [5.74, 6) is -11.0. The number of guanidine groups is 1. The number of nitrogens with zero attached hydrogens (tertiary/aromatic N) is 5. The maximum atomic E-state index is 15.2. The number of aliphatic carboxylic acids is 1. The Balaban J connectivity index is 1.16. The molecule has 35 nitrogen and oxygen atoms in total. The lowest BCUT2D eigenvalue weighted by molar-refractivity contribution is -0.144. The number of rotatable bonds is 44. The van der Waals surface area contributed by atoms with Gasteiger partial charge in [0.15, 0.2) is 5.96 Å². The fraction of sp³-hybridized carbons (Fsp3) is 0.430. The third-order valence-corrected chi connectivity index (χ3v) is 19.0. The molecule has 1 aliphatic rings. The Morgan fingerprint density at radius 3 is 1.54 bits per heavy atom. The van der Waals surface area contributed by atoms with Crippen LogP contribution in [-0.2, 0) is 72.0 Å². The lowest BCUT2D eigenvalue weighted by Crippen LogP contribution is -2.61. The predicted octanol–water partition coefficient (Wildman–Crippen LogP) is 0.642. The van der Waals surface area contributed by atoms with Gasteiger partial charge in [-0.15, -0.1) is 0 Å². The average molecular weight is 1610 g/mol. The first-order valence-electron chi connectivity index (χ1n) is 38.0. The minimum Gasteiger partial charge on any atom is -0.480 e. The van der Waals surface area contributed by atoms with E-state index in [9.17, 15) is 63.0 Å². The van der Waals surface area contributed by atoms with E-state index in [1.165, 1.54) is 67.8 Å². The number of aliphatic imine (C=N–C) groups is 1. The largest absolute Gasteiger partial charge is 0.480 e. The number of nitrogens with one attached hydrogen (secondary N) is 11. The van der Waals surface area contributed by atoms with Crippen LogP contribution in [-0.4, -0.2) is 206 Å². The molecule has 7 rings (SSSR count). The molecule has 616 valence electrons. The number of carbonyl (C=O) groups is 13. The molecule has 3 aromatic heterocycles. The number of anilines is 2. The highest BCUT2D eigenvalue weighted by Crippen LogP contribution is 2.23. The number of aliphatic hydroxyl groups is 1. The van der Waals surface area contributed by atoms with Gasteiger partial charge in [0.25, 0.3) is 11.8 Å². The van der Waals surface area contributed by atoms with E-state index in [0.717, 1.165) is 10.8 Å². The van der Waals surface area contributed by atoms with Crippen molar-refractivity contribution in [3.8, 4) is 0 Å². The van der Waals surface area contributed by atoms with Crippen molar-refractivity contribution in [2.24, 2.45) is 22.4 Å². The Labute approximate surface area is 670 Å². The quantitative estimate of drug-likeness (QED) is 0.0142. The van der Waals surface area contributed by atoms with Crippen LogP contribution in [0.15, 0.2) is 133 Å². The first-order valence-corrected chi connectivity index (χ1v) is 38.3. The number of likely N-dealkylation sites (tertiary alicyclic amines) is 1. The SMILES string of the molecule is CC(=O)N[C@@H](Cc1ccc2ccccc2c1)C(=O)N[C@@H](Cc1ccc(Cl)cc1)C(=O)N[C@@H](Cc1cccnc1)C(=O)N[C@@H](CO)C(=O)N[C@@H](CCCCNC(=O)c1ccc(N)nc1)C(=O)N[C@@H](CCCCNC(=O)c1ccc(N)nc1)C(=O)N[C@@H](CC(C)C)C(=O)N[C@@H](CCCN=C(N)N)C(=O)N1CCC[C@@H]1C(=O)N[C@@H](C)C(=O)O. The van der Waals surface area contributed by atoms with Crippen molar-refractivity contribution >= 4 is 117 Å². The summed E-state index contributed by atoms with van der Waals surface area (Å²) in [5.41, 5.74) is 24.7. The summed E-state index contributed by atoms with van der Waals surface area (Å²) in [6, 6.07) is 14.2. The van der Waals surface area contributed by atoms with Crippen LogP contribution in [0.5, 0.6) is 0 Å². The number of hydrogen-bond donors (Lipinski definition) is 17. The van der Waals surface area contributed by atoms with Crippen LogP contribution in [0.1, 0.15) is 136 Å². The number of halogens is 1. The number of hydrogen-bond acceptors (Lipinski definition) is 20. The maximum absolute atomic E-state index is 15.2. The van der Waals surface area contributed by atoms with Gasteiger partial charge >= 0.3 is 5.97 Å². The fourth-order valence-corrected chi connectivity index (χ4v) is 12.8. The van der Waals surface area contributed by atoms with Gasteiger partial charge in [-0.05, 0) is 153 Å². The van der Waals surface area contributed by atoms with E-state index in [4.69, 9.17) is 34.5 Å². The van der Waals surface area contributed by atoms with Crippen molar-refractivity contribution in [3.63, 3.8) is 0 Å². The smallest absolute Gasteiger partial charge is 0.325 e. The van der Waals surface area contributed by atoms with Gasteiger partial charge in [-0.3, -0.25) is 72.3 Å². The number of nitrogen functional groups attached to an aromatic ring is 2. The van der Waals surface area contributed by atoms with Crippen LogP contribution in [0.2, 0.25) is 5.02 Å². The number of carboxylic acid groups (broad SMARTS) is 1. The second kappa shape index (κ2) is 45.3. The Kier molecular flexibility index (Phi) is 35.4. The molecule has 0 saturated carbocycles. The summed E-state index contributed by atoms with van der Waals surface area (Å²) in [4.78, 5) is 200. The van der Waals surface area contributed by atoms with Crippen LogP contribution in [0.3, 0.4) is 0 Å². The summed E-state index contributed by atoms with van der Waals surface area (Å²) < 4.78 is 0. The third-order valence-electron chi connectivity index (χ3n) is 18.8. The lowest BCUT2D eigenvalue weighted by Gasteiger charge is -2.31. The molecule has 36 heteroatoms. The molecule has 4 heterocycles. The zero-order valence-corrected chi connectivity index (χ0v) is 65.3. The monoisotopic (exact) mass is 1610 g/mol. The summed E-state index contributed by atoms with van der Waals surface area (Å²) in [7, 11) is 0. The second-order valence-electron chi connectivity index (χ2n) is 28.4. The molecule has 0 radical (unpaired) electrons. The van der Waals surface area contributed by atoms with Crippen LogP contribution in [0, 0.1) is 5.92 Å². The van der Waals surface area contributed by atoms with Crippen LogP contribution < -0.4 is 81.4 Å². The number of carboxylic acids is 1. The summed E-state index contributed by atoms with van der Waals surface area (Å²) in [6.07, 6.45) is 5.84. The number of unbranched alkanes of at least 4 members (excludes halogenated alkanes) is 2. The van der Waals surface area contributed by atoms with Crippen LogP contribution in [0.4, 0.5) is 11.6 Å². The van der Waals surface area contributed by atoms with Crippen LogP contribution >= 0.6 is 11.6 Å². The number of carbonyl (C=O) groups excluding carboxylic acids is 12. The predicted molar refractivity (Wildman–Crippen MR) is 428 cm³/mol. The Morgan fingerprint density at radius 2 is 1.02 bits per heavy atom. The molecule has 1 fully saturated rings. The molecule has 0 bridgehead atoms. The van der Waals surface area contributed by atoms with Gasteiger partial charge in [-0.25, -0.2) is 9.97 Å². The van der Waals surface area contributed by atoms with Gasteiger partial charge in [0.05, 0.1) is 17.7 Å². The van der Waals surface area contributed by atoms with Gasteiger partial charge in [0.2, 0.25) is 59.1 Å². The van der Waals surface area contributed by atoms with Crippen molar-refractivity contribution in [3.05, 3.63) is 161 Å². The minimum atomic E-state index is -1.87. The van der Waals surface area contributed by atoms with Gasteiger partial charge in [0.1, 0.15) is 72.1 Å². The van der Waals surface area contributed by atoms with E-state index < -0.39 is 144 Å². The molecule has 1 aliphatic heterocycles. The molecule has 6 aromatic rings. The molecule has 0 spiro atoms. The first-order chi connectivity index (χ1) is 54.9. The number of benzene rings is 3. The third kappa shape index (κ3) is 29.6. The Bertz CT molecular complexity index is 4370. The Hall–Kier alpha value is -12.4. The van der Waals surface area contributed by atoms with Crippen LogP contribution in [0.25, 0.3) is 10.8 Å². The molecule has 1 saturated heterocycles. The van der Waals surface area contributed by atoms with Gasteiger partial charge < -0.3 is 96.5 Å². The fourth-order valence-electron chi connectivity index (χ4n) is 12.7. The number of aliphatic hydroxyl groups excluding tert-OH is 1. The van der Waals surface area contributed by atoms with Crippen molar-refractivity contribution in [2.45, 2.75) is 178 Å². The number of nitrogens with two attached hydrogens (primary N) is 4. The first kappa shape index (κ1) is 89.8. The Morgan fingerprint density at radius 1 is 0.530 bits per heavy atom. The highest BCUT2D eigenvalue weighted by Gasteiger charge is 2.41. The summed E-state index contributed by atoms with van der Waals surface area (Å²) >= 11 is 6.26. The highest BCUT2D eigenvalue weighted by molar-refractivity contribution is 6.30. The number of pyridine rings is 3. The van der Waals surface area contributed by atoms with Crippen molar-refractivity contribution in [2.75, 3.05) is 44.3 Å². The molecule has 10 atom stereocenters. The number of amides is 12. The molecule has 12 amide bonds. The molecular formula is C79H103ClN20O15. The van der Waals surface area contributed by atoms with Gasteiger partial charge in [-0.2, -0.15) is 0 Å². The number of fused-ring (bicyclic) bond motifs is 1. The summed E-state index contributed by atoms with van der Waals surface area (Å²) in [5, 5.41) is 52.3. The maximum Gasteiger partial charge on any atom is 0.325 e.